The van der Waals surface area contributed by atoms with Crippen LogP contribution in [0.25, 0.3) is 10.8 Å². The Hall–Kier alpha value is -1.38. The third-order valence-electron chi connectivity index (χ3n) is 3.39. The molecule has 2 nitrogen and oxygen atoms in total. The van der Waals surface area contributed by atoms with E-state index in [2.05, 4.69) is 37.4 Å². The monoisotopic (exact) mass is 257 g/mol. The van der Waals surface area contributed by atoms with E-state index in [1.54, 1.807) is 0 Å². The van der Waals surface area contributed by atoms with E-state index in [0.717, 1.165) is 17.5 Å². The molecule has 0 amide bonds. The number of benzene rings is 2. The summed E-state index contributed by atoms with van der Waals surface area (Å²) in [6, 6.07) is 14.3. The van der Waals surface area contributed by atoms with Crippen molar-refractivity contribution in [1.82, 2.24) is 5.32 Å². The number of rotatable bonds is 5. The van der Waals surface area contributed by atoms with Gasteiger partial charge in [0.1, 0.15) is 0 Å². The van der Waals surface area contributed by atoms with Crippen molar-refractivity contribution >= 4 is 10.8 Å². The molecule has 19 heavy (non-hydrogen) atoms. The maximum Gasteiger partial charge on any atom is 0.0998 e. The number of fused-ring (bicyclic) bond motifs is 1. The lowest BCUT2D eigenvalue weighted by Gasteiger charge is -2.26. The molecule has 2 heteroatoms. The molecule has 0 aliphatic heterocycles. The van der Waals surface area contributed by atoms with Gasteiger partial charge in [0, 0.05) is 6.54 Å². The SMILES string of the molecule is CC(C)CNCC(C)(O)c1cccc2ccccc12. The van der Waals surface area contributed by atoms with Gasteiger partial charge in [0.15, 0.2) is 0 Å². The molecule has 0 spiro atoms. The zero-order valence-electron chi connectivity index (χ0n) is 12.0. The van der Waals surface area contributed by atoms with E-state index in [4.69, 9.17) is 0 Å². The largest absolute Gasteiger partial charge is 0.384 e. The minimum absolute atomic E-state index is 0.569. The fourth-order valence-corrected chi connectivity index (χ4v) is 2.39. The molecule has 0 fully saturated rings. The van der Waals surface area contributed by atoms with Crippen LogP contribution in [0.2, 0.25) is 0 Å². The van der Waals surface area contributed by atoms with Gasteiger partial charge in [-0.15, -0.1) is 0 Å². The zero-order chi connectivity index (χ0) is 13.9. The molecular weight excluding hydrogens is 234 g/mol. The molecular formula is C17H23NO. The molecule has 2 aromatic rings. The van der Waals surface area contributed by atoms with Gasteiger partial charge >= 0.3 is 0 Å². The molecule has 1 atom stereocenters. The van der Waals surface area contributed by atoms with Crippen molar-refractivity contribution in [3.05, 3.63) is 48.0 Å². The van der Waals surface area contributed by atoms with Crippen LogP contribution in [0.15, 0.2) is 42.5 Å². The second-order valence-electron chi connectivity index (χ2n) is 5.83. The molecule has 0 saturated heterocycles. The summed E-state index contributed by atoms with van der Waals surface area (Å²) in [6.07, 6.45) is 0. The highest BCUT2D eigenvalue weighted by Gasteiger charge is 2.24. The highest BCUT2D eigenvalue weighted by atomic mass is 16.3. The molecule has 2 N–H and O–H groups in total. The van der Waals surface area contributed by atoms with E-state index in [1.165, 1.54) is 5.39 Å². The summed E-state index contributed by atoms with van der Waals surface area (Å²) in [5, 5.41) is 16.4. The normalized spacial score (nSPS) is 14.8. The summed E-state index contributed by atoms with van der Waals surface area (Å²) >= 11 is 0. The minimum atomic E-state index is -0.851. The standard InChI is InChI=1S/C17H23NO/c1-13(2)11-18-12-17(3,19)16-10-6-8-14-7-4-5-9-15(14)16/h4-10,13,18-19H,11-12H2,1-3H3. The van der Waals surface area contributed by atoms with E-state index in [1.807, 2.05) is 31.2 Å². The molecule has 2 aromatic carbocycles. The molecule has 2 rings (SSSR count). The first-order valence-electron chi connectivity index (χ1n) is 6.92. The van der Waals surface area contributed by atoms with Gasteiger partial charge in [-0.2, -0.15) is 0 Å². The van der Waals surface area contributed by atoms with Crippen LogP contribution in [0.1, 0.15) is 26.3 Å². The summed E-state index contributed by atoms with van der Waals surface area (Å²) < 4.78 is 0. The van der Waals surface area contributed by atoms with E-state index < -0.39 is 5.60 Å². The van der Waals surface area contributed by atoms with E-state index in [-0.39, 0.29) is 0 Å². The van der Waals surface area contributed by atoms with Crippen LogP contribution in [0, 0.1) is 5.92 Å². The maximum absolute atomic E-state index is 10.7. The molecule has 0 aromatic heterocycles. The average molecular weight is 257 g/mol. The number of nitrogens with one attached hydrogen (secondary N) is 1. The Bertz CT molecular complexity index is 540. The van der Waals surface area contributed by atoms with Crippen molar-refractivity contribution in [2.75, 3.05) is 13.1 Å². The Balaban J connectivity index is 2.27. The predicted molar refractivity (Wildman–Crippen MR) is 81.2 cm³/mol. The summed E-state index contributed by atoms with van der Waals surface area (Å²) in [6.45, 7) is 7.70. The Morgan fingerprint density at radius 3 is 2.53 bits per heavy atom. The van der Waals surface area contributed by atoms with Crippen LogP contribution in [-0.2, 0) is 5.60 Å². The fraction of sp³-hybridized carbons (Fsp3) is 0.412. The summed E-state index contributed by atoms with van der Waals surface area (Å²) in [7, 11) is 0. The maximum atomic E-state index is 10.7. The van der Waals surface area contributed by atoms with Crippen LogP contribution >= 0.6 is 0 Å². The molecule has 0 aliphatic carbocycles. The van der Waals surface area contributed by atoms with E-state index in [0.29, 0.717) is 12.5 Å². The van der Waals surface area contributed by atoms with Crippen LogP contribution < -0.4 is 5.32 Å². The molecule has 0 saturated carbocycles. The van der Waals surface area contributed by atoms with Gasteiger partial charge in [0.05, 0.1) is 5.60 Å². The third-order valence-corrected chi connectivity index (χ3v) is 3.39. The first-order valence-corrected chi connectivity index (χ1v) is 6.92. The van der Waals surface area contributed by atoms with Crippen LogP contribution in [0.4, 0.5) is 0 Å². The summed E-state index contributed by atoms with van der Waals surface area (Å²) in [5.74, 6) is 0.586. The Kier molecular flexibility index (Phi) is 4.23. The smallest absolute Gasteiger partial charge is 0.0998 e. The van der Waals surface area contributed by atoms with Gasteiger partial charge in [-0.3, -0.25) is 0 Å². The summed E-state index contributed by atoms with van der Waals surface area (Å²) in [5.41, 5.74) is 0.136. The minimum Gasteiger partial charge on any atom is -0.384 e. The molecule has 0 bridgehead atoms. The highest BCUT2D eigenvalue weighted by Crippen LogP contribution is 2.28. The average Bonchev–Trinajstić information content (AvgIpc) is 2.37. The first kappa shape index (κ1) is 14.0. The second kappa shape index (κ2) is 5.72. The molecule has 0 heterocycles. The van der Waals surface area contributed by atoms with E-state index >= 15 is 0 Å². The molecule has 0 radical (unpaired) electrons. The molecule has 0 aliphatic rings. The Morgan fingerprint density at radius 2 is 1.79 bits per heavy atom. The van der Waals surface area contributed by atoms with Gasteiger partial charge in [0.25, 0.3) is 0 Å². The quantitative estimate of drug-likeness (QED) is 0.861. The van der Waals surface area contributed by atoms with Crippen LogP contribution in [-0.4, -0.2) is 18.2 Å². The van der Waals surface area contributed by atoms with Gasteiger partial charge < -0.3 is 10.4 Å². The van der Waals surface area contributed by atoms with Crippen molar-refractivity contribution in [1.29, 1.82) is 0 Å². The Morgan fingerprint density at radius 1 is 1.11 bits per heavy atom. The lowest BCUT2D eigenvalue weighted by molar-refractivity contribution is 0.0579. The van der Waals surface area contributed by atoms with Crippen molar-refractivity contribution in [3.63, 3.8) is 0 Å². The number of hydrogen-bond acceptors (Lipinski definition) is 2. The zero-order valence-corrected chi connectivity index (χ0v) is 12.0. The van der Waals surface area contributed by atoms with Gasteiger partial charge in [-0.25, -0.2) is 0 Å². The topological polar surface area (TPSA) is 32.3 Å². The van der Waals surface area contributed by atoms with Crippen molar-refractivity contribution < 1.29 is 5.11 Å². The fourth-order valence-electron chi connectivity index (χ4n) is 2.39. The van der Waals surface area contributed by atoms with Crippen LogP contribution in [0.3, 0.4) is 0 Å². The molecule has 102 valence electrons. The number of hydrogen-bond donors (Lipinski definition) is 2. The first-order chi connectivity index (χ1) is 9.00. The van der Waals surface area contributed by atoms with Gasteiger partial charge in [0.2, 0.25) is 0 Å². The predicted octanol–water partition coefficient (Wildman–Crippen LogP) is 3.29. The van der Waals surface area contributed by atoms with Crippen molar-refractivity contribution in [3.8, 4) is 0 Å². The Labute approximate surface area is 115 Å². The van der Waals surface area contributed by atoms with E-state index in [9.17, 15) is 5.11 Å². The van der Waals surface area contributed by atoms with Crippen molar-refractivity contribution in [2.45, 2.75) is 26.4 Å². The van der Waals surface area contributed by atoms with Crippen LogP contribution in [0.5, 0.6) is 0 Å². The lowest BCUT2D eigenvalue weighted by atomic mass is 9.91. The molecule has 1 unspecified atom stereocenters. The second-order valence-corrected chi connectivity index (χ2v) is 5.83. The lowest BCUT2D eigenvalue weighted by Crippen LogP contribution is -2.37. The van der Waals surface area contributed by atoms with Gasteiger partial charge in [-0.05, 0) is 35.7 Å². The van der Waals surface area contributed by atoms with Crippen molar-refractivity contribution in [2.24, 2.45) is 5.92 Å². The highest BCUT2D eigenvalue weighted by molar-refractivity contribution is 5.86. The third kappa shape index (κ3) is 3.34. The summed E-state index contributed by atoms with van der Waals surface area (Å²) in [4.78, 5) is 0. The van der Waals surface area contributed by atoms with Gasteiger partial charge in [-0.1, -0.05) is 56.3 Å². The number of aliphatic hydroxyl groups is 1.